The second-order valence-electron chi connectivity index (χ2n) is 4.57. The largest absolute Gasteiger partial charge is 0.398 e. The summed E-state index contributed by atoms with van der Waals surface area (Å²) in [6.07, 6.45) is 1.77. The number of hydrogen-bond donors (Lipinski definition) is 2. The molecule has 0 spiro atoms. The molecule has 2 heterocycles. The number of nitrogens with zero attached hydrogens (tertiary/aromatic N) is 2. The molecule has 0 aliphatic rings. The summed E-state index contributed by atoms with van der Waals surface area (Å²) >= 11 is 1.58. The van der Waals surface area contributed by atoms with Crippen molar-refractivity contribution >= 4 is 28.4 Å². The lowest BCUT2D eigenvalue weighted by Gasteiger charge is -2.07. The number of benzene rings is 1. The van der Waals surface area contributed by atoms with Crippen LogP contribution in [0.1, 0.15) is 11.3 Å². The number of nitrogen functional groups attached to an aromatic ring is 1. The van der Waals surface area contributed by atoms with Gasteiger partial charge in [0.15, 0.2) is 0 Å². The van der Waals surface area contributed by atoms with E-state index in [2.05, 4.69) is 34.2 Å². The van der Waals surface area contributed by atoms with E-state index in [1.54, 1.807) is 18.0 Å². The molecule has 2 aromatic heterocycles. The highest BCUT2D eigenvalue weighted by atomic mass is 32.2. The SMILES string of the molecule is Cc1cc(C)nc(Sc2cc3[nH]ncc3cc2N)c1. The maximum atomic E-state index is 6.08. The number of pyridine rings is 1. The summed E-state index contributed by atoms with van der Waals surface area (Å²) < 4.78 is 0. The highest BCUT2D eigenvalue weighted by Gasteiger charge is 2.07. The summed E-state index contributed by atoms with van der Waals surface area (Å²) in [6.45, 7) is 4.07. The summed E-state index contributed by atoms with van der Waals surface area (Å²) in [7, 11) is 0. The third-order valence-corrected chi connectivity index (χ3v) is 3.85. The Morgan fingerprint density at radius 1 is 1.16 bits per heavy atom. The van der Waals surface area contributed by atoms with Crippen LogP contribution in [0.3, 0.4) is 0 Å². The summed E-state index contributed by atoms with van der Waals surface area (Å²) in [5.74, 6) is 0. The van der Waals surface area contributed by atoms with Crippen molar-refractivity contribution in [2.24, 2.45) is 0 Å². The molecule has 0 amide bonds. The van der Waals surface area contributed by atoms with Gasteiger partial charge in [-0.05, 0) is 43.7 Å². The molecule has 5 heteroatoms. The summed E-state index contributed by atoms with van der Waals surface area (Å²) in [5, 5.41) is 8.95. The van der Waals surface area contributed by atoms with Gasteiger partial charge in [-0.3, -0.25) is 5.10 Å². The summed E-state index contributed by atoms with van der Waals surface area (Å²) in [4.78, 5) is 5.51. The van der Waals surface area contributed by atoms with Gasteiger partial charge in [-0.15, -0.1) is 0 Å². The third-order valence-electron chi connectivity index (χ3n) is 2.86. The minimum absolute atomic E-state index is 0.750. The molecule has 0 saturated carbocycles. The number of aromatic amines is 1. The minimum Gasteiger partial charge on any atom is -0.398 e. The lowest BCUT2D eigenvalue weighted by atomic mass is 10.2. The van der Waals surface area contributed by atoms with Gasteiger partial charge < -0.3 is 5.73 Å². The third kappa shape index (κ3) is 2.42. The molecule has 0 aliphatic carbocycles. The molecule has 3 rings (SSSR count). The number of aryl methyl sites for hydroxylation is 2. The molecule has 0 saturated heterocycles. The Bertz CT molecular complexity index is 728. The lowest BCUT2D eigenvalue weighted by Crippen LogP contribution is -1.91. The van der Waals surface area contributed by atoms with Crippen molar-refractivity contribution in [2.45, 2.75) is 23.8 Å². The minimum atomic E-state index is 0.750. The molecule has 0 atom stereocenters. The van der Waals surface area contributed by atoms with Crippen molar-refractivity contribution in [1.29, 1.82) is 0 Å². The zero-order chi connectivity index (χ0) is 13.4. The quantitative estimate of drug-likeness (QED) is 0.701. The van der Waals surface area contributed by atoms with Gasteiger partial charge in [0.25, 0.3) is 0 Å². The Hall–Kier alpha value is -2.01. The van der Waals surface area contributed by atoms with Gasteiger partial charge in [-0.1, -0.05) is 11.8 Å². The molecule has 96 valence electrons. The number of nitrogens with two attached hydrogens (primary N) is 1. The molecule has 3 aromatic rings. The molecular weight excluding hydrogens is 256 g/mol. The van der Waals surface area contributed by atoms with Crippen LogP contribution in [0.25, 0.3) is 10.9 Å². The number of aromatic nitrogens is 3. The fourth-order valence-electron chi connectivity index (χ4n) is 2.05. The zero-order valence-electron chi connectivity index (χ0n) is 10.8. The Labute approximate surface area is 115 Å². The average molecular weight is 270 g/mol. The fourth-order valence-corrected chi connectivity index (χ4v) is 3.06. The van der Waals surface area contributed by atoms with Gasteiger partial charge >= 0.3 is 0 Å². The number of fused-ring (bicyclic) bond motifs is 1. The van der Waals surface area contributed by atoms with Crippen LogP contribution in [0.2, 0.25) is 0 Å². The lowest BCUT2D eigenvalue weighted by molar-refractivity contribution is 1.05. The van der Waals surface area contributed by atoms with E-state index in [4.69, 9.17) is 5.73 Å². The van der Waals surface area contributed by atoms with Gasteiger partial charge in [-0.2, -0.15) is 5.10 Å². The summed E-state index contributed by atoms with van der Waals surface area (Å²) in [5.41, 5.74) is 10.0. The highest BCUT2D eigenvalue weighted by molar-refractivity contribution is 7.99. The number of nitrogens with one attached hydrogen (secondary N) is 1. The van der Waals surface area contributed by atoms with Crippen LogP contribution in [0.4, 0.5) is 5.69 Å². The number of hydrogen-bond acceptors (Lipinski definition) is 4. The van der Waals surface area contributed by atoms with Crippen molar-refractivity contribution in [3.8, 4) is 0 Å². The van der Waals surface area contributed by atoms with Gasteiger partial charge in [0, 0.05) is 21.7 Å². The van der Waals surface area contributed by atoms with E-state index in [9.17, 15) is 0 Å². The second-order valence-corrected chi connectivity index (χ2v) is 5.64. The molecule has 3 N–H and O–H groups in total. The van der Waals surface area contributed by atoms with Crippen molar-refractivity contribution in [1.82, 2.24) is 15.2 Å². The Balaban J connectivity index is 2.02. The molecule has 0 aliphatic heterocycles. The molecule has 4 nitrogen and oxygen atoms in total. The Morgan fingerprint density at radius 2 is 2.00 bits per heavy atom. The molecule has 0 bridgehead atoms. The fraction of sp³-hybridized carbons (Fsp3) is 0.143. The van der Waals surface area contributed by atoms with Gasteiger partial charge in [0.1, 0.15) is 5.03 Å². The normalized spacial score (nSPS) is 11.1. The van der Waals surface area contributed by atoms with E-state index in [1.807, 2.05) is 19.1 Å². The molecule has 0 fully saturated rings. The number of rotatable bonds is 2. The second kappa shape index (κ2) is 4.59. The maximum Gasteiger partial charge on any atom is 0.101 e. The molecule has 19 heavy (non-hydrogen) atoms. The van der Waals surface area contributed by atoms with Gasteiger partial charge in [0.2, 0.25) is 0 Å². The van der Waals surface area contributed by atoms with Gasteiger partial charge in [0.05, 0.1) is 11.7 Å². The standard InChI is InChI=1S/C14H14N4S/c1-8-3-9(2)17-14(4-8)19-13-6-12-10(5-11(13)15)7-16-18-12/h3-7H,15H2,1-2H3,(H,16,18). The van der Waals surface area contributed by atoms with E-state index in [0.717, 1.165) is 32.2 Å². The number of anilines is 1. The van der Waals surface area contributed by atoms with Crippen LogP contribution in [-0.2, 0) is 0 Å². The zero-order valence-corrected chi connectivity index (χ0v) is 11.6. The predicted molar refractivity (Wildman–Crippen MR) is 78.3 cm³/mol. The van der Waals surface area contributed by atoms with E-state index in [0.29, 0.717) is 0 Å². The average Bonchev–Trinajstić information content (AvgIpc) is 2.75. The van der Waals surface area contributed by atoms with Crippen LogP contribution < -0.4 is 5.73 Å². The smallest absolute Gasteiger partial charge is 0.101 e. The number of H-pyrrole nitrogens is 1. The van der Waals surface area contributed by atoms with Crippen molar-refractivity contribution < 1.29 is 0 Å². The van der Waals surface area contributed by atoms with Crippen LogP contribution in [0.5, 0.6) is 0 Å². The maximum absolute atomic E-state index is 6.08. The molecule has 0 unspecified atom stereocenters. The highest BCUT2D eigenvalue weighted by Crippen LogP contribution is 2.33. The van der Waals surface area contributed by atoms with Crippen LogP contribution in [0.15, 0.2) is 40.4 Å². The van der Waals surface area contributed by atoms with E-state index in [1.165, 1.54) is 5.56 Å². The molecule has 0 radical (unpaired) electrons. The van der Waals surface area contributed by atoms with Crippen LogP contribution in [-0.4, -0.2) is 15.2 Å². The monoisotopic (exact) mass is 270 g/mol. The van der Waals surface area contributed by atoms with Crippen LogP contribution >= 0.6 is 11.8 Å². The first-order valence-electron chi connectivity index (χ1n) is 5.97. The molecular formula is C14H14N4S. The Morgan fingerprint density at radius 3 is 2.79 bits per heavy atom. The van der Waals surface area contributed by atoms with Crippen molar-refractivity contribution in [3.63, 3.8) is 0 Å². The van der Waals surface area contributed by atoms with E-state index in [-0.39, 0.29) is 0 Å². The predicted octanol–water partition coefficient (Wildman–Crippen LogP) is 3.31. The summed E-state index contributed by atoms with van der Waals surface area (Å²) in [6, 6.07) is 8.07. The first-order chi connectivity index (χ1) is 9.11. The topological polar surface area (TPSA) is 67.6 Å². The van der Waals surface area contributed by atoms with Gasteiger partial charge in [-0.25, -0.2) is 4.98 Å². The van der Waals surface area contributed by atoms with E-state index >= 15 is 0 Å². The van der Waals surface area contributed by atoms with Crippen molar-refractivity contribution in [2.75, 3.05) is 5.73 Å². The van der Waals surface area contributed by atoms with Crippen LogP contribution in [0, 0.1) is 13.8 Å². The first-order valence-corrected chi connectivity index (χ1v) is 6.79. The van der Waals surface area contributed by atoms with Crippen molar-refractivity contribution in [3.05, 3.63) is 41.7 Å². The molecule has 1 aromatic carbocycles. The van der Waals surface area contributed by atoms with E-state index < -0.39 is 0 Å². The first kappa shape index (κ1) is 12.0. The Kier molecular flexibility index (Phi) is 2.91.